The highest BCUT2D eigenvalue weighted by Gasteiger charge is 2.43. The first-order chi connectivity index (χ1) is 29.4. The van der Waals surface area contributed by atoms with E-state index in [-0.39, 0.29) is 52.2 Å². The molecule has 61 heavy (non-hydrogen) atoms. The number of ether oxygens (including phenoxy) is 4. The van der Waals surface area contributed by atoms with Crippen LogP contribution in [0, 0.1) is 0 Å². The first-order valence-electron chi connectivity index (χ1n) is 20.0. The van der Waals surface area contributed by atoms with Crippen LogP contribution in [0.5, 0.6) is 23.0 Å². The van der Waals surface area contributed by atoms with Crippen molar-refractivity contribution in [3.63, 3.8) is 0 Å². The van der Waals surface area contributed by atoms with Gasteiger partial charge in [-0.15, -0.1) is 0 Å². The Labute approximate surface area is 351 Å². The Morgan fingerprint density at radius 2 is 1.44 bits per heavy atom. The van der Waals surface area contributed by atoms with Gasteiger partial charge in [0.1, 0.15) is 12.3 Å². The molecule has 16 heteroatoms. The van der Waals surface area contributed by atoms with Gasteiger partial charge in [0.15, 0.2) is 34.9 Å². The van der Waals surface area contributed by atoms with Crippen molar-refractivity contribution in [2.75, 3.05) is 41.2 Å². The Hall–Kier alpha value is -7.04. The Morgan fingerprint density at radius 3 is 2.15 bits per heavy atom. The number of nitrogens with one attached hydrogen (secondary N) is 4. The first-order valence-corrected chi connectivity index (χ1v) is 20.0. The van der Waals surface area contributed by atoms with Crippen LogP contribution in [-0.4, -0.2) is 86.0 Å². The van der Waals surface area contributed by atoms with Gasteiger partial charge in [0.2, 0.25) is 11.8 Å². The number of amides is 4. The number of aliphatic hydroxyl groups excluding tert-OH is 1. The van der Waals surface area contributed by atoms with E-state index in [1.165, 1.54) is 28.1 Å². The summed E-state index contributed by atoms with van der Waals surface area (Å²) in [4.78, 5) is 57.3. The lowest BCUT2D eigenvalue weighted by Crippen LogP contribution is -2.49. The van der Waals surface area contributed by atoms with Crippen LogP contribution < -0.4 is 55.7 Å². The Kier molecular flexibility index (Phi) is 10.0. The van der Waals surface area contributed by atoms with Gasteiger partial charge in [0, 0.05) is 41.8 Å². The second kappa shape index (κ2) is 15.5. The predicted molar refractivity (Wildman–Crippen MR) is 226 cm³/mol. The molecule has 16 nitrogen and oxygen atoms in total. The highest BCUT2D eigenvalue weighted by molar-refractivity contribution is 6.13. The molecule has 314 valence electrons. The smallest absolute Gasteiger partial charge is 0.260 e. The molecule has 0 bridgehead atoms. The summed E-state index contributed by atoms with van der Waals surface area (Å²) in [7, 11) is 2.92. The van der Waals surface area contributed by atoms with Gasteiger partial charge in [-0.1, -0.05) is 36.4 Å². The molecule has 0 spiro atoms. The largest absolute Gasteiger partial charge is 0.493 e. The summed E-state index contributed by atoms with van der Waals surface area (Å²) in [6.07, 6.45) is 2.27. The summed E-state index contributed by atoms with van der Waals surface area (Å²) in [5.74, 6) is -0.356. The van der Waals surface area contributed by atoms with Crippen LogP contribution in [0.2, 0.25) is 0 Å². The van der Waals surface area contributed by atoms with E-state index in [0.29, 0.717) is 42.0 Å². The molecule has 5 aliphatic rings. The standard InChI is InChI=1S/C45H45N7O9/c1-22(46)41(53)48-23(2)42(54)49-26-15-37(60-39-19-30-28(17-35(39)58-3)44(56)51-27(21-47-30)13-24-9-5-7-11-32(24)51)38(16-26)61-40-20-31-29(18-36(40)59-4)45(57)52-33-12-8-6-10-25(33)14-34(52)43(55)50-31/h5-12,15-20,22-23,27,34,37,43,47,50,55H,13-14,21,46H2,1-4H3,(H,48,53)(H,49,54)/t22-,23-,27-,34-,37+,43?/m0/s1. The molecule has 4 aliphatic heterocycles. The van der Waals surface area contributed by atoms with E-state index in [4.69, 9.17) is 24.7 Å². The topological polar surface area (TPSA) is 206 Å². The fourth-order valence-electron chi connectivity index (χ4n) is 8.51. The van der Waals surface area contributed by atoms with E-state index < -0.39 is 42.3 Å². The Bertz CT molecular complexity index is 2560. The minimum absolute atomic E-state index is 0.0887. The number of hydrogen-bond donors (Lipinski definition) is 6. The molecule has 0 fully saturated rings. The number of carbonyl (C=O) groups excluding carboxylic acids is 4. The monoisotopic (exact) mass is 827 g/mol. The van der Waals surface area contributed by atoms with Crippen molar-refractivity contribution in [1.82, 2.24) is 10.6 Å². The van der Waals surface area contributed by atoms with E-state index in [1.807, 2.05) is 53.4 Å². The van der Waals surface area contributed by atoms with E-state index >= 15 is 0 Å². The van der Waals surface area contributed by atoms with Crippen molar-refractivity contribution >= 4 is 46.4 Å². The van der Waals surface area contributed by atoms with Crippen molar-refractivity contribution in [3.05, 3.63) is 119 Å². The summed E-state index contributed by atoms with van der Waals surface area (Å²) in [6, 6.07) is 19.5. The molecule has 1 aliphatic carbocycles. The average molecular weight is 828 g/mol. The van der Waals surface area contributed by atoms with Gasteiger partial charge in [0.05, 0.1) is 54.8 Å². The molecule has 4 aromatic rings. The zero-order valence-electron chi connectivity index (χ0n) is 33.9. The molecular weight excluding hydrogens is 783 g/mol. The van der Waals surface area contributed by atoms with Crippen LogP contribution in [-0.2, 0) is 22.4 Å². The van der Waals surface area contributed by atoms with Gasteiger partial charge in [-0.2, -0.15) is 0 Å². The summed E-state index contributed by atoms with van der Waals surface area (Å²) in [6.45, 7) is 3.55. The molecule has 7 N–H and O–H groups in total. The number of fused-ring (bicyclic) bond motifs is 8. The van der Waals surface area contributed by atoms with Crippen LogP contribution >= 0.6 is 0 Å². The quantitative estimate of drug-likeness (QED) is 0.136. The lowest BCUT2D eigenvalue weighted by Gasteiger charge is -2.26. The maximum Gasteiger partial charge on any atom is 0.260 e. The second-order valence-corrected chi connectivity index (χ2v) is 15.6. The minimum Gasteiger partial charge on any atom is -0.493 e. The average Bonchev–Trinajstić information content (AvgIpc) is 3.90. The summed E-state index contributed by atoms with van der Waals surface area (Å²) in [5.41, 5.74) is 11.2. The Balaban J connectivity index is 1.04. The number of methoxy groups -OCH3 is 2. The lowest BCUT2D eigenvalue weighted by molar-refractivity contribution is -0.128. The van der Waals surface area contributed by atoms with Crippen molar-refractivity contribution in [3.8, 4) is 23.0 Å². The maximum atomic E-state index is 14.2. The highest BCUT2D eigenvalue weighted by atomic mass is 16.6. The molecule has 0 saturated carbocycles. The van der Waals surface area contributed by atoms with Crippen LogP contribution in [0.15, 0.2) is 96.4 Å². The van der Waals surface area contributed by atoms with Crippen molar-refractivity contribution in [2.45, 2.75) is 63.2 Å². The number of benzene rings is 4. The van der Waals surface area contributed by atoms with Crippen LogP contribution in [0.3, 0.4) is 0 Å². The number of nitrogens with zero attached hydrogens (tertiary/aromatic N) is 2. The van der Waals surface area contributed by atoms with Gasteiger partial charge in [0.25, 0.3) is 11.8 Å². The number of allylic oxidation sites excluding steroid dienone is 1. The van der Waals surface area contributed by atoms with Gasteiger partial charge in [-0.05, 0) is 68.2 Å². The van der Waals surface area contributed by atoms with Crippen molar-refractivity contribution in [1.29, 1.82) is 0 Å². The molecule has 0 aromatic heterocycles. The first kappa shape index (κ1) is 39.4. The number of para-hydroxylation sites is 2. The Morgan fingerprint density at radius 1 is 0.820 bits per heavy atom. The maximum absolute atomic E-state index is 14.2. The van der Waals surface area contributed by atoms with Gasteiger partial charge < -0.3 is 60.9 Å². The number of aliphatic hydroxyl groups is 1. The number of nitrogens with two attached hydrogens (primary N) is 1. The lowest BCUT2D eigenvalue weighted by atomic mass is 10.1. The van der Waals surface area contributed by atoms with Crippen molar-refractivity contribution in [2.24, 2.45) is 5.73 Å². The zero-order chi connectivity index (χ0) is 42.7. The molecule has 0 saturated heterocycles. The van der Waals surface area contributed by atoms with Gasteiger partial charge >= 0.3 is 0 Å². The van der Waals surface area contributed by atoms with Crippen LogP contribution in [0.1, 0.15) is 45.7 Å². The molecule has 4 aromatic carbocycles. The van der Waals surface area contributed by atoms with Crippen LogP contribution in [0.25, 0.3) is 0 Å². The molecule has 9 rings (SSSR count). The number of rotatable bonds is 10. The SMILES string of the molecule is COc1cc2c(cc1OC1=CC(NC(=O)[C@H](C)NC(=O)[C@H](C)N)=C[C@H]1Oc1cc3c(cc1OC)C(=O)N1c4ccccc4C[C@H]1CN3)NC(O)[C@@H]1Cc3ccccc3N1C2=O. The van der Waals surface area contributed by atoms with Crippen molar-refractivity contribution < 1.29 is 43.2 Å². The summed E-state index contributed by atoms with van der Waals surface area (Å²) in [5, 5.41) is 23.3. The number of carbonyl (C=O) groups is 4. The molecule has 6 atom stereocenters. The third kappa shape index (κ3) is 7.02. The minimum atomic E-state index is -1.11. The molecule has 4 heterocycles. The molecule has 1 unspecified atom stereocenters. The second-order valence-electron chi connectivity index (χ2n) is 15.6. The summed E-state index contributed by atoms with van der Waals surface area (Å²) >= 11 is 0. The van der Waals surface area contributed by atoms with Crippen LogP contribution in [0.4, 0.5) is 22.7 Å². The third-order valence-electron chi connectivity index (χ3n) is 11.6. The van der Waals surface area contributed by atoms with E-state index in [1.54, 1.807) is 41.3 Å². The number of anilines is 4. The highest BCUT2D eigenvalue weighted by Crippen LogP contribution is 2.44. The van der Waals surface area contributed by atoms with E-state index in [9.17, 15) is 24.3 Å². The number of hydrogen-bond acceptors (Lipinski definition) is 12. The zero-order valence-corrected chi connectivity index (χ0v) is 33.9. The van der Waals surface area contributed by atoms with E-state index in [0.717, 1.165) is 22.5 Å². The summed E-state index contributed by atoms with van der Waals surface area (Å²) < 4.78 is 24.7. The predicted octanol–water partition coefficient (Wildman–Crippen LogP) is 3.59. The van der Waals surface area contributed by atoms with Gasteiger partial charge in [-0.3, -0.25) is 19.2 Å². The van der Waals surface area contributed by atoms with Gasteiger partial charge in [-0.25, -0.2) is 0 Å². The molecule has 4 amide bonds. The third-order valence-corrected chi connectivity index (χ3v) is 11.6. The molecule has 0 radical (unpaired) electrons. The molecular formula is C45H45N7O9. The normalized spacial score (nSPS) is 21.5. The fourth-order valence-corrected chi connectivity index (χ4v) is 8.51. The fraction of sp³-hybridized carbons (Fsp3) is 0.289. The van der Waals surface area contributed by atoms with E-state index in [2.05, 4.69) is 21.3 Å².